The fourth-order valence-corrected chi connectivity index (χ4v) is 2.82. The first-order valence-corrected chi connectivity index (χ1v) is 7.82. The Morgan fingerprint density at radius 2 is 2.29 bits per heavy atom. The second-order valence-electron chi connectivity index (χ2n) is 5.68. The Bertz CT molecular complexity index is 841. The van der Waals surface area contributed by atoms with E-state index in [2.05, 4.69) is 25.5 Å². The first-order chi connectivity index (χ1) is 11.8. The molecule has 1 amide bonds. The van der Waals surface area contributed by atoms with Gasteiger partial charge in [0.25, 0.3) is 0 Å². The Morgan fingerprint density at radius 3 is 3.17 bits per heavy atom. The highest BCUT2D eigenvalue weighted by Crippen LogP contribution is 2.20. The van der Waals surface area contributed by atoms with Gasteiger partial charge in [-0.1, -0.05) is 11.2 Å². The summed E-state index contributed by atoms with van der Waals surface area (Å²) in [7, 11) is 0. The topological polar surface area (TPSA) is 98.7 Å². The summed E-state index contributed by atoms with van der Waals surface area (Å²) >= 11 is 0. The minimum atomic E-state index is -0.0487. The fourth-order valence-electron chi connectivity index (χ4n) is 2.82. The molecule has 4 heterocycles. The lowest BCUT2D eigenvalue weighted by atomic mass is 9.95. The molecule has 1 aliphatic rings. The van der Waals surface area contributed by atoms with E-state index in [1.807, 2.05) is 22.9 Å². The van der Waals surface area contributed by atoms with Crippen LogP contribution in [0.2, 0.25) is 0 Å². The van der Waals surface area contributed by atoms with E-state index in [-0.39, 0.29) is 18.4 Å². The largest absolute Gasteiger partial charge is 0.347 e. The van der Waals surface area contributed by atoms with Gasteiger partial charge in [-0.3, -0.25) is 14.5 Å². The van der Waals surface area contributed by atoms with E-state index in [1.165, 1.54) is 0 Å². The Kier molecular flexibility index (Phi) is 3.78. The summed E-state index contributed by atoms with van der Waals surface area (Å²) in [6, 6.07) is 7.43. The van der Waals surface area contributed by atoms with Crippen LogP contribution >= 0.6 is 0 Å². The minimum Gasteiger partial charge on any atom is -0.347 e. The third-order valence-electron chi connectivity index (χ3n) is 4.10. The van der Waals surface area contributed by atoms with Gasteiger partial charge in [-0.2, -0.15) is 10.1 Å². The van der Waals surface area contributed by atoms with Crippen molar-refractivity contribution in [3.63, 3.8) is 0 Å². The van der Waals surface area contributed by atoms with E-state index >= 15 is 0 Å². The molecule has 1 unspecified atom stereocenters. The second-order valence-corrected chi connectivity index (χ2v) is 5.68. The summed E-state index contributed by atoms with van der Waals surface area (Å²) in [4.78, 5) is 20.8. The average molecular weight is 324 g/mol. The maximum Gasteiger partial charge on any atom is 0.246 e. The summed E-state index contributed by atoms with van der Waals surface area (Å²) in [5.41, 5.74) is 1.73. The Hall–Kier alpha value is -3.03. The summed E-state index contributed by atoms with van der Waals surface area (Å²) in [6.07, 6.45) is 4.92. The first-order valence-electron chi connectivity index (χ1n) is 7.82. The van der Waals surface area contributed by atoms with Crippen LogP contribution in [0.15, 0.2) is 41.2 Å². The molecular weight excluding hydrogens is 308 g/mol. The number of pyridine rings is 1. The maximum atomic E-state index is 12.3. The standard InChI is InChI=1S/C16H16N6O2/c23-16(11-5-8-22-12(9-11)4-7-19-22)18-10-14-20-15(21-24-14)13-3-1-2-6-17-13/h1-4,6-7,11H,5,8-10H2,(H,18,23). The molecule has 1 atom stereocenters. The van der Waals surface area contributed by atoms with Gasteiger partial charge in [-0.05, 0) is 24.6 Å². The van der Waals surface area contributed by atoms with Crippen LogP contribution < -0.4 is 5.32 Å². The highest BCUT2D eigenvalue weighted by Gasteiger charge is 2.25. The highest BCUT2D eigenvalue weighted by molar-refractivity contribution is 5.78. The third kappa shape index (κ3) is 2.90. The number of aryl methyl sites for hydroxylation is 1. The molecule has 0 aromatic carbocycles. The average Bonchev–Trinajstić information content (AvgIpc) is 3.29. The van der Waals surface area contributed by atoms with E-state index in [1.54, 1.807) is 18.5 Å². The van der Waals surface area contributed by atoms with E-state index < -0.39 is 0 Å². The van der Waals surface area contributed by atoms with Gasteiger partial charge in [0.1, 0.15) is 5.69 Å². The number of nitrogens with one attached hydrogen (secondary N) is 1. The molecule has 1 aliphatic heterocycles. The van der Waals surface area contributed by atoms with Gasteiger partial charge in [0.2, 0.25) is 17.6 Å². The number of hydrogen-bond acceptors (Lipinski definition) is 6. The molecule has 0 bridgehead atoms. The van der Waals surface area contributed by atoms with Gasteiger partial charge >= 0.3 is 0 Å². The normalized spacial score (nSPS) is 16.6. The minimum absolute atomic E-state index is 0.0000334. The van der Waals surface area contributed by atoms with Crippen molar-refractivity contribution in [2.45, 2.75) is 25.9 Å². The van der Waals surface area contributed by atoms with Gasteiger partial charge in [-0.25, -0.2) is 0 Å². The molecule has 8 nitrogen and oxygen atoms in total. The van der Waals surface area contributed by atoms with Gasteiger partial charge in [0.05, 0.1) is 6.54 Å². The third-order valence-corrected chi connectivity index (χ3v) is 4.10. The molecule has 0 saturated heterocycles. The van der Waals surface area contributed by atoms with Gasteiger partial charge in [0, 0.05) is 37.0 Å². The number of amides is 1. The van der Waals surface area contributed by atoms with E-state index in [9.17, 15) is 4.79 Å². The van der Waals surface area contributed by atoms with Gasteiger partial charge in [-0.15, -0.1) is 0 Å². The molecule has 0 aliphatic carbocycles. The van der Waals surface area contributed by atoms with Crippen LogP contribution in [0, 0.1) is 5.92 Å². The van der Waals surface area contributed by atoms with E-state index in [0.717, 1.165) is 18.7 Å². The summed E-state index contributed by atoms with van der Waals surface area (Å²) in [6.45, 7) is 0.985. The van der Waals surface area contributed by atoms with Crippen molar-refractivity contribution in [1.29, 1.82) is 0 Å². The first kappa shape index (κ1) is 14.6. The van der Waals surface area contributed by atoms with Crippen LogP contribution in [-0.2, 0) is 24.3 Å². The van der Waals surface area contributed by atoms with Crippen molar-refractivity contribution < 1.29 is 9.32 Å². The molecule has 122 valence electrons. The lowest BCUT2D eigenvalue weighted by Gasteiger charge is -2.22. The molecule has 1 N–H and O–H groups in total. The van der Waals surface area contributed by atoms with Crippen LogP contribution in [0.4, 0.5) is 0 Å². The number of aromatic nitrogens is 5. The fraction of sp³-hybridized carbons (Fsp3) is 0.312. The summed E-state index contributed by atoms with van der Waals surface area (Å²) in [5, 5.41) is 11.0. The second kappa shape index (κ2) is 6.23. The number of nitrogens with zero attached hydrogens (tertiary/aromatic N) is 5. The van der Waals surface area contributed by atoms with Gasteiger partial charge < -0.3 is 9.84 Å². The van der Waals surface area contributed by atoms with Crippen molar-refractivity contribution in [2.75, 3.05) is 0 Å². The number of carbonyl (C=O) groups is 1. The molecule has 3 aromatic rings. The Balaban J connectivity index is 1.36. The van der Waals surface area contributed by atoms with Crippen LogP contribution in [0.25, 0.3) is 11.5 Å². The molecule has 0 radical (unpaired) electrons. The number of fused-ring (bicyclic) bond motifs is 1. The SMILES string of the molecule is O=C(NCc1nc(-c2ccccn2)no1)C1CCn2nccc2C1. The number of carbonyl (C=O) groups excluding carboxylic acids is 1. The molecule has 0 saturated carbocycles. The van der Waals surface area contributed by atoms with E-state index in [4.69, 9.17) is 4.52 Å². The molecule has 8 heteroatoms. The summed E-state index contributed by atoms with van der Waals surface area (Å²) in [5.74, 6) is 0.735. The molecule has 0 fully saturated rings. The lowest BCUT2D eigenvalue weighted by Crippen LogP contribution is -2.35. The number of rotatable bonds is 4. The number of hydrogen-bond donors (Lipinski definition) is 1. The predicted octanol–water partition coefficient (Wildman–Crippen LogP) is 1.21. The predicted molar refractivity (Wildman–Crippen MR) is 83.4 cm³/mol. The zero-order valence-electron chi connectivity index (χ0n) is 12.9. The summed E-state index contributed by atoms with van der Waals surface area (Å²) < 4.78 is 7.12. The van der Waals surface area contributed by atoms with Crippen molar-refractivity contribution >= 4 is 5.91 Å². The zero-order valence-corrected chi connectivity index (χ0v) is 12.9. The smallest absolute Gasteiger partial charge is 0.246 e. The molecule has 4 rings (SSSR count). The van der Waals surface area contributed by atoms with E-state index in [0.29, 0.717) is 23.8 Å². The van der Waals surface area contributed by atoms with Crippen molar-refractivity contribution in [3.05, 3.63) is 48.2 Å². The lowest BCUT2D eigenvalue weighted by molar-refractivity contribution is -0.125. The monoisotopic (exact) mass is 324 g/mol. The van der Waals surface area contributed by atoms with Crippen LogP contribution in [0.3, 0.4) is 0 Å². The zero-order chi connectivity index (χ0) is 16.4. The Labute approximate surface area is 137 Å². The molecule has 24 heavy (non-hydrogen) atoms. The maximum absolute atomic E-state index is 12.3. The quantitative estimate of drug-likeness (QED) is 0.774. The van der Waals surface area contributed by atoms with Crippen molar-refractivity contribution in [1.82, 2.24) is 30.2 Å². The Morgan fingerprint density at radius 1 is 1.33 bits per heavy atom. The van der Waals surface area contributed by atoms with Gasteiger partial charge in [0.15, 0.2) is 0 Å². The molecule has 3 aromatic heterocycles. The molecular formula is C16H16N6O2. The van der Waals surface area contributed by atoms with Crippen LogP contribution in [0.5, 0.6) is 0 Å². The van der Waals surface area contributed by atoms with Crippen molar-refractivity contribution in [2.24, 2.45) is 5.92 Å². The van der Waals surface area contributed by atoms with Crippen LogP contribution in [0.1, 0.15) is 18.0 Å². The molecule has 0 spiro atoms. The van der Waals surface area contributed by atoms with Crippen molar-refractivity contribution in [3.8, 4) is 11.5 Å². The van der Waals surface area contributed by atoms with Crippen LogP contribution in [-0.4, -0.2) is 30.8 Å². The highest BCUT2D eigenvalue weighted by atomic mass is 16.5.